The molecule has 2 N–H and O–H groups in total. The van der Waals surface area contributed by atoms with Crippen molar-refractivity contribution in [3.63, 3.8) is 0 Å². The van der Waals surface area contributed by atoms with E-state index in [-0.39, 0.29) is 0 Å². The lowest BCUT2D eigenvalue weighted by Crippen LogP contribution is -2.13. The Morgan fingerprint density at radius 1 is 1.42 bits per heavy atom. The molecule has 4 heteroatoms. The number of nitrogens with two attached hydrogens (primary N) is 1. The highest BCUT2D eigenvalue weighted by Crippen LogP contribution is 2.51. The summed E-state index contributed by atoms with van der Waals surface area (Å²) in [6.45, 7) is 3.23. The van der Waals surface area contributed by atoms with Crippen LogP contribution in [0.4, 0.5) is 5.95 Å². The molecule has 0 amide bonds. The summed E-state index contributed by atoms with van der Waals surface area (Å²) in [6, 6.07) is 5.93. The Kier molecular flexibility index (Phi) is 2.88. The SMILES string of the molecule is CCCC1(Cn2c(N)nc3ccc(OC)cc32)CC1. The summed E-state index contributed by atoms with van der Waals surface area (Å²) in [4.78, 5) is 4.45. The average molecular weight is 259 g/mol. The monoisotopic (exact) mass is 259 g/mol. The molecule has 1 aromatic heterocycles. The lowest BCUT2D eigenvalue weighted by Gasteiger charge is -2.16. The molecule has 0 radical (unpaired) electrons. The maximum Gasteiger partial charge on any atom is 0.201 e. The molecule has 0 spiro atoms. The van der Waals surface area contributed by atoms with E-state index in [1.807, 2.05) is 18.2 Å². The second-order valence-corrected chi connectivity index (χ2v) is 5.66. The number of methoxy groups -OCH3 is 1. The smallest absolute Gasteiger partial charge is 0.201 e. The first kappa shape index (κ1) is 12.3. The van der Waals surface area contributed by atoms with E-state index in [0.717, 1.165) is 23.3 Å². The molecule has 19 heavy (non-hydrogen) atoms. The van der Waals surface area contributed by atoms with Crippen molar-refractivity contribution in [1.82, 2.24) is 9.55 Å². The third-order valence-electron chi connectivity index (χ3n) is 4.22. The van der Waals surface area contributed by atoms with E-state index in [1.165, 1.54) is 25.7 Å². The molecule has 2 aromatic rings. The van der Waals surface area contributed by atoms with Gasteiger partial charge < -0.3 is 15.0 Å². The third-order valence-corrected chi connectivity index (χ3v) is 4.22. The van der Waals surface area contributed by atoms with E-state index in [4.69, 9.17) is 10.5 Å². The fourth-order valence-electron chi connectivity index (χ4n) is 2.94. The molecule has 0 saturated heterocycles. The fourth-order valence-corrected chi connectivity index (χ4v) is 2.94. The zero-order valence-corrected chi connectivity index (χ0v) is 11.6. The number of hydrogen-bond acceptors (Lipinski definition) is 3. The van der Waals surface area contributed by atoms with Gasteiger partial charge in [0.2, 0.25) is 5.95 Å². The largest absolute Gasteiger partial charge is 0.497 e. The quantitative estimate of drug-likeness (QED) is 0.897. The topological polar surface area (TPSA) is 53.1 Å². The number of rotatable bonds is 5. The minimum Gasteiger partial charge on any atom is -0.497 e. The molecule has 1 heterocycles. The first-order valence-corrected chi connectivity index (χ1v) is 6.97. The number of benzene rings is 1. The Bertz CT molecular complexity index is 599. The number of imidazole rings is 1. The van der Waals surface area contributed by atoms with Crippen molar-refractivity contribution in [3.05, 3.63) is 18.2 Å². The summed E-state index contributed by atoms with van der Waals surface area (Å²) in [6.07, 6.45) is 5.12. The Morgan fingerprint density at radius 2 is 2.21 bits per heavy atom. The highest BCUT2D eigenvalue weighted by atomic mass is 16.5. The molecule has 1 fully saturated rings. The van der Waals surface area contributed by atoms with Crippen molar-refractivity contribution in [3.8, 4) is 5.75 Å². The number of nitrogen functional groups attached to an aromatic ring is 1. The maximum absolute atomic E-state index is 6.09. The van der Waals surface area contributed by atoms with Gasteiger partial charge in [-0.3, -0.25) is 0 Å². The van der Waals surface area contributed by atoms with E-state index < -0.39 is 0 Å². The van der Waals surface area contributed by atoms with Crippen molar-refractivity contribution >= 4 is 17.0 Å². The minimum atomic E-state index is 0.458. The Labute approximate surface area is 113 Å². The normalized spacial score (nSPS) is 16.7. The number of aromatic nitrogens is 2. The van der Waals surface area contributed by atoms with Crippen molar-refractivity contribution in [2.45, 2.75) is 39.2 Å². The van der Waals surface area contributed by atoms with Crippen LogP contribution in [0.3, 0.4) is 0 Å². The molecule has 102 valence electrons. The van der Waals surface area contributed by atoms with Crippen LogP contribution in [0.2, 0.25) is 0 Å². The molecule has 0 aliphatic heterocycles. The van der Waals surface area contributed by atoms with Crippen LogP contribution in [0.1, 0.15) is 32.6 Å². The highest BCUT2D eigenvalue weighted by molar-refractivity contribution is 5.80. The first-order chi connectivity index (χ1) is 9.17. The molecule has 3 rings (SSSR count). The van der Waals surface area contributed by atoms with Gasteiger partial charge in [0.15, 0.2) is 0 Å². The van der Waals surface area contributed by atoms with Crippen LogP contribution < -0.4 is 10.5 Å². The van der Waals surface area contributed by atoms with Crippen molar-refractivity contribution in [1.29, 1.82) is 0 Å². The molecule has 1 aliphatic carbocycles. The summed E-state index contributed by atoms with van der Waals surface area (Å²) in [7, 11) is 1.69. The maximum atomic E-state index is 6.09. The van der Waals surface area contributed by atoms with Gasteiger partial charge in [-0.1, -0.05) is 13.3 Å². The molecule has 0 unspecified atom stereocenters. The van der Waals surface area contributed by atoms with Crippen LogP contribution in [-0.4, -0.2) is 16.7 Å². The van der Waals surface area contributed by atoms with Crippen LogP contribution in [0.25, 0.3) is 11.0 Å². The molecule has 1 aliphatic rings. The van der Waals surface area contributed by atoms with Gasteiger partial charge >= 0.3 is 0 Å². The molecular weight excluding hydrogens is 238 g/mol. The molecule has 0 atom stereocenters. The molecular formula is C15H21N3O. The highest BCUT2D eigenvalue weighted by Gasteiger charge is 2.42. The number of fused-ring (bicyclic) bond motifs is 1. The Balaban J connectivity index is 2.00. The summed E-state index contributed by atoms with van der Waals surface area (Å²) >= 11 is 0. The van der Waals surface area contributed by atoms with E-state index in [1.54, 1.807) is 7.11 Å². The zero-order valence-electron chi connectivity index (χ0n) is 11.6. The van der Waals surface area contributed by atoms with Gasteiger partial charge in [-0.05, 0) is 36.8 Å². The van der Waals surface area contributed by atoms with Gasteiger partial charge in [0, 0.05) is 12.6 Å². The van der Waals surface area contributed by atoms with E-state index >= 15 is 0 Å². The first-order valence-electron chi connectivity index (χ1n) is 6.97. The standard InChI is InChI=1S/C15H21N3O/c1-3-6-15(7-8-15)10-18-13-9-11(19-2)4-5-12(13)17-14(18)16/h4-5,9H,3,6-8,10H2,1-2H3,(H2,16,17). The third kappa shape index (κ3) is 2.15. The van der Waals surface area contributed by atoms with Crippen LogP contribution in [0.15, 0.2) is 18.2 Å². The van der Waals surface area contributed by atoms with Gasteiger partial charge in [-0.25, -0.2) is 4.98 Å². The summed E-state index contributed by atoms with van der Waals surface area (Å²) in [5, 5.41) is 0. The molecule has 4 nitrogen and oxygen atoms in total. The predicted molar refractivity (Wildman–Crippen MR) is 77.3 cm³/mol. The number of anilines is 1. The molecule has 0 bridgehead atoms. The number of nitrogens with zero attached hydrogens (tertiary/aromatic N) is 2. The number of ether oxygens (including phenoxy) is 1. The second-order valence-electron chi connectivity index (χ2n) is 5.66. The van der Waals surface area contributed by atoms with Crippen molar-refractivity contribution in [2.24, 2.45) is 5.41 Å². The van der Waals surface area contributed by atoms with Gasteiger partial charge in [0.1, 0.15) is 5.75 Å². The van der Waals surface area contributed by atoms with Crippen molar-refractivity contribution in [2.75, 3.05) is 12.8 Å². The fraction of sp³-hybridized carbons (Fsp3) is 0.533. The van der Waals surface area contributed by atoms with Crippen LogP contribution in [0, 0.1) is 5.41 Å². The molecule has 1 aromatic carbocycles. The second kappa shape index (κ2) is 4.44. The van der Waals surface area contributed by atoms with Crippen LogP contribution >= 0.6 is 0 Å². The van der Waals surface area contributed by atoms with Gasteiger partial charge in [0.25, 0.3) is 0 Å². The van der Waals surface area contributed by atoms with Gasteiger partial charge in [-0.15, -0.1) is 0 Å². The lowest BCUT2D eigenvalue weighted by atomic mass is 10.0. The van der Waals surface area contributed by atoms with Gasteiger partial charge in [0.05, 0.1) is 18.1 Å². The Hall–Kier alpha value is -1.71. The van der Waals surface area contributed by atoms with E-state index in [9.17, 15) is 0 Å². The number of hydrogen-bond donors (Lipinski definition) is 1. The Morgan fingerprint density at radius 3 is 2.84 bits per heavy atom. The summed E-state index contributed by atoms with van der Waals surface area (Å²) in [5.74, 6) is 1.47. The van der Waals surface area contributed by atoms with Crippen LogP contribution in [0.5, 0.6) is 5.75 Å². The average Bonchev–Trinajstić information content (AvgIpc) is 3.10. The van der Waals surface area contributed by atoms with Gasteiger partial charge in [-0.2, -0.15) is 0 Å². The van der Waals surface area contributed by atoms with Crippen LogP contribution in [-0.2, 0) is 6.54 Å². The van der Waals surface area contributed by atoms with E-state index in [0.29, 0.717) is 11.4 Å². The van der Waals surface area contributed by atoms with E-state index in [2.05, 4.69) is 16.5 Å². The lowest BCUT2D eigenvalue weighted by molar-refractivity contribution is 0.395. The minimum absolute atomic E-state index is 0.458. The summed E-state index contributed by atoms with van der Waals surface area (Å²) < 4.78 is 7.45. The molecule has 1 saturated carbocycles. The predicted octanol–water partition coefficient (Wildman–Crippen LogP) is 3.21. The van der Waals surface area contributed by atoms with Crippen molar-refractivity contribution < 1.29 is 4.74 Å². The zero-order chi connectivity index (χ0) is 13.5. The summed E-state index contributed by atoms with van der Waals surface area (Å²) in [5.41, 5.74) is 8.58.